The van der Waals surface area contributed by atoms with E-state index in [1.165, 1.54) is 24.3 Å². The van der Waals surface area contributed by atoms with Crippen LogP contribution in [0.1, 0.15) is 37.7 Å². The van der Waals surface area contributed by atoms with Crippen LogP contribution in [0.4, 0.5) is 18.9 Å². The normalized spacial score (nSPS) is 16.5. The predicted octanol–water partition coefficient (Wildman–Crippen LogP) is 4.78. The zero-order valence-corrected chi connectivity index (χ0v) is 16.3. The number of pyridine rings is 1. The van der Waals surface area contributed by atoms with Crippen LogP contribution in [0.25, 0.3) is 0 Å². The number of halogens is 3. The van der Waals surface area contributed by atoms with Gasteiger partial charge in [0.2, 0.25) is 0 Å². The van der Waals surface area contributed by atoms with Crippen molar-refractivity contribution in [3.05, 3.63) is 48.3 Å². The van der Waals surface area contributed by atoms with Gasteiger partial charge in [0, 0.05) is 25.1 Å². The number of hydrogen-bond acceptors (Lipinski definition) is 5. The Balaban J connectivity index is 1.57. The number of benzene rings is 1. The van der Waals surface area contributed by atoms with E-state index in [-0.39, 0.29) is 24.8 Å². The largest absolute Gasteiger partial charge is 0.573 e. The summed E-state index contributed by atoms with van der Waals surface area (Å²) in [6.45, 7) is 1.06. The van der Waals surface area contributed by atoms with Crippen molar-refractivity contribution in [1.29, 1.82) is 0 Å². The number of aliphatic carboxylic acids is 1. The molecular formula is C21H23F3N2O4. The van der Waals surface area contributed by atoms with Crippen molar-refractivity contribution < 1.29 is 32.5 Å². The first kappa shape index (κ1) is 21.7. The van der Waals surface area contributed by atoms with Crippen molar-refractivity contribution in [1.82, 2.24) is 4.98 Å². The molecule has 0 radical (unpaired) electrons. The lowest BCUT2D eigenvalue weighted by molar-refractivity contribution is -0.274. The highest BCUT2D eigenvalue weighted by atomic mass is 19.4. The first-order valence-electron chi connectivity index (χ1n) is 9.71. The molecule has 9 heteroatoms. The molecule has 1 aromatic heterocycles. The predicted molar refractivity (Wildman–Crippen MR) is 104 cm³/mol. The number of rotatable bonds is 9. The Labute approximate surface area is 172 Å². The van der Waals surface area contributed by atoms with Gasteiger partial charge in [0.15, 0.2) is 0 Å². The number of carboxylic acids is 1. The minimum atomic E-state index is -4.72. The van der Waals surface area contributed by atoms with Crippen molar-refractivity contribution in [2.45, 2.75) is 51.1 Å². The first-order chi connectivity index (χ1) is 14.3. The lowest BCUT2D eigenvalue weighted by Gasteiger charge is -2.26. The van der Waals surface area contributed by atoms with E-state index >= 15 is 0 Å². The standard InChI is InChI=1S/C21H23F3N2O4/c22-21(23,24)30-18-8-6-15(7-9-18)14-29-19-11-17(12-25-13-19)26-10-2-4-16(26)3-1-5-20(27)28/h6-9,11-13,16H,1-5,10,14H2,(H,27,28). The lowest BCUT2D eigenvalue weighted by atomic mass is 10.1. The van der Waals surface area contributed by atoms with E-state index < -0.39 is 12.3 Å². The van der Waals surface area contributed by atoms with E-state index in [0.29, 0.717) is 17.7 Å². The van der Waals surface area contributed by atoms with Crippen molar-refractivity contribution in [2.75, 3.05) is 11.4 Å². The number of ether oxygens (including phenoxy) is 2. The topological polar surface area (TPSA) is 71.9 Å². The van der Waals surface area contributed by atoms with Crippen molar-refractivity contribution in [3.63, 3.8) is 0 Å². The molecule has 162 valence electrons. The maximum Gasteiger partial charge on any atom is 0.573 e. The fourth-order valence-electron chi connectivity index (χ4n) is 3.56. The third kappa shape index (κ3) is 6.53. The molecule has 0 aliphatic carbocycles. The Hall–Kier alpha value is -2.97. The van der Waals surface area contributed by atoms with Crippen LogP contribution in [-0.2, 0) is 11.4 Å². The van der Waals surface area contributed by atoms with Gasteiger partial charge in [-0.05, 0) is 43.4 Å². The molecule has 1 saturated heterocycles. The Morgan fingerprint density at radius 1 is 1.20 bits per heavy atom. The van der Waals surface area contributed by atoms with E-state index in [4.69, 9.17) is 9.84 Å². The average Bonchev–Trinajstić information content (AvgIpc) is 3.15. The number of carbonyl (C=O) groups is 1. The quantitative estimate of drug-likeness (QED) is 0.625. The third-order valence-electron chi connectivity index (χ3n) is 4.90. The lowest BCUT2D eigenvalue weighted by Crippen LogP contribution is -2.29. The second kappa shape index (κ2) is 9.69. The number of aromatic nitrogens is 1. The van der Waals surface area contributed by atoms with E-state index in [9.17, 15) is 18.0 Å². The summed E-state index contributed by atoms with van der Waals surface area (Å²) in [5.74, 6) is -0.508. The molecule has 0 bridgehead atoms. The van der Waals surface area contributed by atoms with Crippen LogP contribution in [0.5, 0.6) is 11.5 Å². The van der Waals surface area contributed by atoms with Gasteiger partial charge in [-0.25, -0.2) is 0 Å². The monoisotopic (exact) mass is 424 g/mol. The van der Waals surface area contributed by atoms with Gasteiger partial charge in [0.1, 0.15) is 18.1 Å². The molecule has 1 N–H and O–H groups in total. The smallest absolute Gasteiger partial charge is 0.487 e. The Bertz CT molecular complexity index is 843. The summed E-state index contributed by atoms with van der Waals surface area (Å²) in [5, 5.41) is 8.83. The number of alkyl halides is 3. The van der Waals surface area contributed by atoms with Gasteiger partial charge in [0.05, 0.1) is 18.1 Å². The van der Waals surface area contributed by atoms with E-state index in [1.807, 2.05) is 6.07 Å². The first-order valence-corrected chi connectivity index (χ1v) is 9.71. The van der Waals surface area contributed by atoms with Crippen molar-refractivity contribution in [3.8, 4) is 11.5 Å². The van der Waals surface area contributed by atoms with Gasteiger partial charge in [-0.3, -0.25) is 9.78 Å². The van der Waals surface area contributed by atoms with Gasteiger partial charge in [-0.2, -0.15) is 0 Å². The van der Waals surface area contributed by atoms with Gasteiger partial charge in [0.25, 0.3) is 0 Å². The van der Waals surface area contributed by atoms with Crippen LogP contribution in [0.3, 0.4) is 0 Å². The summed E-state index contributed by atoms with van der Waals surface area (Å²) in [5.41, 5.74) is 1.61. The number of carboxylic acid groups (broad SMARTS) is 1. The van der Waals surface area contributed by atoms with E-state index in [0.717, 1.165) is 31.5 Å². The van der Waals surface area contributed by atoms with E-state index in [2.05, 4.69) is 14.6 Å². The minimum Gasteiger partial charge on any atom is -0.487 e. The second-order valence-corrected chi connectivity index (χ2v) is 7.13. The molecule has 6 nitrogen and oxygen atoms in total. The van der Waals surface area contributed by atoms with Crippen molar-refractivity contribution >= 4 is 11.7 Å². The molecule has 3 rings (SSSR count). The zero-order valence-electron chi connectivity index (χ0n) is 16.3. The van der Waals surface area contributed by atoms with Crippen LogP contribution in [0.15, 0.2) is 42.7 Å². The minimum absolute atomic E-state index is 0.165. The second-order valence-electron chi connectivity index (χ2n) is 7.13. The molecular weight excluding hydrogens is 401 g/mol. The van der Waals surface area contributed by atoms with Crippen LogP contribution >= 0.6 is 0 Å². The Morgan fingerprint density at radius 2 is 1.97 bits per heavy atom. The maximum absolute atomic E-state index is 12.2. The Kier molecular flexibility index (Phi) is 7.02. The highest BCUT2D eigenvalue weighted by molar-refractivity contribution is 5.66. The highest BCUT2D eigenvalue weighted by Gasteiger charge is 2.31. The van der Waals surface area contributed by atoms with Crippen LogP contribution in [0, 0.1) is 0 Å². The molecule has 1 aromatic carbocycles. The molecule has 2 aromatic rings. The molecule has 2 heterocycles. The number of nitrogens with zero attached hydrogens (tertiary/aromatic N) is 2. The van der Waals surface area contributed by atoms with E-state index in [1.54, 1.807) is 12.4 Å². The molecule has 1 aliphatic heterocycles. The van der Waals surface area contributed by atoms with Crippen molar-refractivity contribution in [2.24, 2.45) is 0 Å². The molecule has 0 amide bonds. The fraction of sp³-hybridized carbons (Fsp3) is 0.429. The van der Waals surface area contributed by atoms with Gasteiger partial charge in [-0.15, -0.1) is 13.2 Å². The molecule has 1 atom stereocenters. The van der Waals surface area contributed by atoms with Gasteiger partial charge in [-0.1, -0.05) is 12.1 Å². The summed E-state index contributed by atoms with van der Waals surface area (Å²) in [6.07, 6.45) is 2.28. The summed E-state index contributed by atoms with van der Waals surface area (Å²) in [6, 6.07) is 7.67. The van der Waals surface area contributed by atoms with Gasteiger partial charge >= 0.3 is 12.3 Å². The fourth-order valence-corrected chi connectivity index (χ4v) is 3.56. The summed E-state index contributed by atoms with van der Waals surface area (Å²) in [4.78, 5) is 17.2. The average molecular weight is 424 g/mol. The molecule has 1 unspecified atom stereocenters. The molecule has 1 fully saturated rings. The molecule has 1 aliphatic rings. The molecule has 0 saturated carbocycles. The number of hydrogen-bond donors (Lipinski definition) is 1. The molecule has 0 spiro atoms. The maximum atomic E-state index is 12.2. The zero-order chi connectivity index (χ0) is 21.6. The Morgan fingerprint density at radius 3 is 2.67 bits per heavy atom. The molecule has 30 heavy (non-hydrogen) atoms. The van der Waals surface area contributed by atoms with Crippen LogP contribution < -0.4 is 14.4 Å². The summed E-state index contributed by atoms with van der Waals surface area (Å²) >= 11 is 0. The highest BCUT2D eigenvalue weighted by Crippen LogP contribution is 2.30. The number of anilines is 1. The van der Waals surface area contributed by atoms with Crippen LogP contribution in [0.2, 0.25) is 0 Å². The summed E-state index contributed by atoms with van der Waals surface area (Å²) in [7, 11) is 0. The third-order valence-corrected chi connectivity index (χ3v) is 4.90. The summed E-state index contributed by atoms with van der Waals surface area (Å²) < 4.78 is 46.3. The SMILES string of the molecule is O=C(O)CCCC1CCCN1c1cncc(OCc2ccc(OC(F)(F)F)cc2)c1. The van der Waals surface area contributed by atoms with Gasteiger partial charge < -0.3 is 19.5 Å². The van der Waals surface area contributed by atoms with Crippen LogP contribution in [-0.4, -0.2) is 35.0 Å².